The van der Waals surface area contributed by atoms with Crippen molar-refractivity contribution in [2.24, 2.45) is 0 Å². The molecule has 100 valence electrons. The molecule has 2 nitrogen and oxygen atoms in total. The van der Waals surface area contributed by atoms with Gasteiger partial charge in [-0.15, -0.1) is 11.3 Å². The van der Waals surface area contributed by atoms with Gasteiger partial charge in [-0.25, -0.2) is 0 Å². The molecule has 0 radical (unpaired) electrons. The van der Waals surface area contributed by atoms with Gasteiger partial charge in [0.15, 0.2) is 0 Å². The first-order valence-electron chi connectivity index (χ1n) is 6.73. The molecule has 1 aliphatic carbocycles. The molecule has 0 atom stereocenters. The van der Waals surface area contributed by atoms with Gasteiger partial charge in [0.25, 0.3) is 5.91 Å². The van der Waals surface area contributed by atoms with Crippen LogP contribution in [-0.4, -0.2) is 29.2 Å². The van der Waals surface area contributed by atoms with Crippen LogP contribution in [0.1, 0.15) is 46.3 Å². The van der Waals surface area contributed by atoms with E-state index in [9.17, 15) is 4.79 Å². The Hall–Kier alpha value is -0.350. The van der Waals surface area contributed by atoms with Gasteiger partial charge >= 0.3 is 0 Å². The summed E-state index contributed by atoms with van der Waals surface area (Å²) in [6, 6.07) is 2.14. The van der Waals surface area contributed by atoms with Crippen molar-refractivity contribution in [3.63, 3.8) is 0 Å². The highest BCUT2D eigenvalue weighted by Gasteiger charge is 2.20. The molecule has 1 aliphatic rings. The third-order valence-corrected chi connectivity index (χ3v) is 5.22. The molecule has 0 N–H and O–H groups in total. The molecule has 0 fully saturated rings. The Morgan fingerprint density at radius 2 is 2.22 bits per heavy atom. The highest BCUT2D eigenvalue weighted by Crippen LogP contribution is 2.30. The highest BCUT2D eigenvalue weighted by molar-refractivity contribution is 9.09. The fraction of sp³-hybridized carbons (Fsp3) is 0.643. The van der Waals surface area contributed by atoms with Crippen LogP contribution in [0.5, 0.6) is 0 Å². The van der Waals surface area contributed by atoms with E-state index in [-0.39, 0.29) is 5.91 Å². The minimum absolute atomic E-state index is 0.220. The van der Waals surface area contributed by atoms with Gasteiger partial charge in [-0.3, -0.25) is 4.79 Å². The predicted molar refractivity (Wildman–Crippen MR) is 80.9 cm³/mol. The van der Waals surface area contributed by atoms with Crippen molar-refractivity contribution in [3.8, 4) is 0 Å². The first-order chi connectivity index (χ1) is 8.76. The summed E-state index contributed by atoms with van der Waals surface area (Å²) in [5, 5.41) is 0.956. The average Bonchev–Trinajstić information content (AvgIpc) is 2.83. The maximum atomic E-state index is 12.4. The highest BCUT2D eigenvalue weighted by atomic mass is 79.9. The molecule has 0 aliphatic heterocycles. The third kappa shape index (κ3) is 3.15. The van der Waals surface area contributed by atoms with E-state index in [1.54, 1.807) is 11.3 Å². The van der Waals surface area contributed by atoms with Gasteiger partial charge < -0.3 is 4.90 Å². The third-order valence-electron chi connectivity index (χ3n) is 3.44. The number of alkyl halides is 1. The van der Waals surface area contributed by atoms with Gasteiger partial charge in [-0.2, -0.15) is 0 Å². The number of nitrogens with zero attached hydrogens (tertiary/aromatic N) is 1. The number of halogens is 1. The summed E-state index contributed by atoms with van der Waals surface area (Å²) in [4.78, 5) is 16.8. The summed E-state index contributed by atoms with van der Waals surface area (Å²) in [5.41, 5.74) is 1.42. The smallest absolute Gasteiger partial charge is 0.263 e. The van der Waals surface area contributed by atoms with E-state index in [1.165, 1.54) is 29.7 Å². The predicted octanol–water partition coefficient (Wildman–Crippen LogP) is 3.87. The minimum Gasteiger partial charge on any atom is -0.338 e. The van der Waals surface area contributed by atoms with Crippen molar-refractivity contribution < 1.29 is 4.79 Å². The number of hydrogen-bond acceptors (Lipinski definition) is 2. The topological polar surface area (TPSA) is 20.3 Å². The Morgan fingerprint density at radius 3 is 2.89 bits per heavy atom. The molecule has 1 aromatic heterocycles. The lowest BCUT2D eigenvalue weighted by molar-refractivity contribution is 0.0770. The average molecular weight is 330 g/mol. The largest absolute Gasteiger partial charge is 0.338 e. The van der Waals surface area contributed by atoms with E-state index >= 15 is 0 Å². The number of fused-ring (bicyclic) bond motifs is 1. The fourth-order valence-corrected chi connectivity index (χ4v) is 3.88. The monoisotopic (exact) mass is 329 g/mol. The number of carbonyl (C=O) groups excluding carboxylic acids is 1. The molecular weight excluding hydrogens is 310 g/mol. The molecule has 0 unspecified atom stereocenters. The van der Waals surface area contributed by atoms with Crippen LogP contribution in [0.15, 0.2) is 6.07 Å². The number of thiophene rings is 1. The standard InChI is InChI=1S/C14H20BrNOS/c1-2-16(9-5-8-15)14(17)13-10-11-6-3-4-7-12(11)18-13/h10H,2-9H2,1H3. The summed E-state index contributed by atoms with van der Waals surface area (Å²) in [5.74, 6) is 0.220. The van der Waals surface area contributed by atoms with Crippen LogP contribution in [0.2, 0.25) is 0 Å². The zero-order chi connectivity index (χ0) is 13.0. The molecule has 2 rings (SSSR count). The number of hydrogen-bond donors (Lipinski definition) is 0. The zero-order valence-electron chi connectivity index (χ0n) is 10.9. The van der Waals surface area contributed by atoms with Gasteiger partial charge in [-0.1, -0.05) is 15.9 Å². The normalized spacial score (nSPS) is 14.3. The van der Waals surface area contributed by atoms with E-state index in [0.717, 1.165) is 36.1 Å². The Balaban J connectivity index is 2.09. The Bertz CT molecular complexity index is 392. The molecule has 0 spiro atoms. The minimum atomic E-state index is 0.220. The SMILES string of the molecule is CCN(CCCBr)C(=O)c1cc2c(s1)CCCC2. The van der Waals surface area contributed by atoms with Crippen molar-refractivity contribution >= 4 is 33.2 Å². The molecular formula is C14H20BrNOS. The van der Waals surface area contributed by atoms with Crippen molar-refractivity contribution in [2.75, 3.05) is 18.4 Å². The first kappa shape index (κ1) is 14.1. The second-order valence-corrected chi connectivity index (χ2v) is 6.62. The second-order valence-electron chi connectivity index (χ2n) is 4.69. The summed E-state index contributed by atoms with van der Waals surface area (Å²) < 4.78 is 0. The van der Waals surface area contributed by atoms with Gasteiger partial charge in [0, 0.05) is 23.3 Å². The van der Waals surface area contributed by atoms with Crippen molar-refractivity contribution in [2.45, 2.75) is 39.0 Å². The van der Waals surface area contributed by atoms with Gasteiger partial charge in [0.1, 0.15) is 0 Å². The summed E-state index contributed by atoms with van der Waals surface area (Å²) in [6.07, 6.45) is 5.90. The van der Waals surface area contributed by atoms with E-state index in [1.807, 2.05) is 4.90 Å². The van der Waals surface area contributed by atoms with Gasteiger partial charge in [0.2, 0.25) is 0 Å². The number of rotatable bonds is 5. The van der Waals surface area contributed by atoms with E-state index in [0.29, 0.717) is 0 Å². The van der Waals surface area contributed by atoms with Crippen LogP contribution in [0.3, 0.4) is 0 Å². The van der Waals surface area contributed by atoms with Crippen molar-refractivity contribution in [1.29, 1.82) is 0 Å². The van der Waals surface area contributed by atoms with Crippen LogP contribution < -0.4 is 0 Å². The van der Waals surface area contributed by atoms with Gasteiger partial charge in [0.05, 0.1) is 4.88 Å². The molecule has 4 heteroatoms. The summed E-state index contributed by atoms with van der Waals surface area (Å²) >= 11 is 5.14. The first-order valence-corrected chi connectivity index (χ1v) is 8.67. The van der Waals surface area contributed by atoms with Crippen LogP contribution in [-0.2, 0) is 12.8 Å². The zero-order valence-corrected chi connectivity index (χ0v) is 13.3. The van der Waals surface area contributed by atoms with E-state index in [4.69, 9.17) is 0 Å². The lowest BCUT2D eigenvalue weighted by Gasteiger charge is -2.19. The van der Waals surface area contributed by atoms with E-state index in [2.05, 4.69) is 28.9 Å². The number of amides is 1. The maximum absolute atomic E-state index is 12.4. The lowest BCUT2D eigenvalue weighted by atomic mass is 9.99. The molecule has 1 aromatic rings. The van der Waals surface area contributed by atoms with E-state index < -0.39 is 0 Å². The van der Waals surface area contributed by atoms with Crippen LogP contribution in [0.25, 0.3) is 0 Å². The molecule has 0 aromatic carbocycles. The summed E-state index contributed by atoms with van der Waals surface area (Å²) in [7, 11) is 0. The maximum Gasteiger partial charge on any atom is 0.263 e. The summed E-state index contributed by atoms with van der Waals surface area (Å²) in [6.45, 7) is 3.71. The molecule has 0 saturated heterocycles. The van der Waals surface area contributed by atoms with Crippen LogP contribution in [0.4, 0.5) is 0 Å². The molecule has 0 bridgehead atoms. The van der Waals surface area contributed by atoms with Gasteiger partial charge in [-0.05, 0) is 50.7 Å². The lowest BCUT2D eigenvalue weighted by Crippen LogP contribution is -2.31. The number of carbonyl (C=O) groups is 1. The molecule has 1 heterocycles. The van der Waals surface area contributed by atoms with Crippen molar-refractivity contribution in [1.82, 2.24) is 4.90 Å². The second kappa shape index (κ2) is 6.71. The molecule has 1 amide bonds. The fourth-order valence-electron chi connectivity index (χ4n) is 2.41. The quantitative estimate of drug-likeness (QED) is 0.751. The Morgan fingerprint density at radius 1 is 1.44 bits per heavy atom. The number of aryl methyl sites for hydroxylation is 2. The van der Waals surface area contributed by atoms with Crippen LogP contribution >= 0.6 is 27.3 Å². The molecule has 18 heavy (non-hydrogen) atoms. The Labute approximate surface area is 122 Å². The van der Waals surface area contributed by atoms with Crippen LogP contribution in [0, 0.1) is 0 Å². The molecule has 0 saturated carbocycles. The Kier molecular flexibility index (Phi) is 5.25. The van der Waals surface area contributed by atoms with Crippen molar-refractivity contribution in [3.05, 3.63) is 21.4 Å².